The standard InChI is InChI=1S/C12H24O3/c1-3-4-5-6-8-12(9-7-10-13)15-11-14-2/h7,9,12-13H,3-6,8,10-11H2,1-2H3/b9-7-/t12-/m1/s1. The molecule has 0 bridgehead atoms. The SMILES string of the molecule is CCCCCC[C@H](/C=C\CO)OCOC. The Morgan fingerprint density at radius 2 is 2.07 bits per heavy atom. The number of ether oxygens (including phenoxy) is 2. The average Bonchev–Trinajstić information content (AvgIpc) is 2.27. The van der Waals surface area contributed by atoms with E-state index in [2.05, 4.69) is 6.92 Å². The highest BCUT2D eigenvalue weighted by Crippen LogP contribution is 2.09. The molecule has 1 N–H and O–H groups in total. The zero-order valence-electron chi connectivity index (χ0n) is 9.95. The second-order valence-electron chi connectivity index (χ2n) is 3.57. The van der Waals surface area contributed by atoms with E-state index < -0.39 is 0 Å². The second kappa shape index (κ2) is 11.7. The molecule has 0 aromatic carbocycles. The van der Waals surface area contributed by atoms with Crippen LogP contribution in [0.1, 0.15) is 39.0 Å². The summed E-state index contributed by atoms with van der Waals surface area (Å²) in [5.74, 6) is 0. The summed E-state index contributed by atoms with van der Waals surface area (Å²) < 4.78 is 10.3. The summed E-state index contributed by atoms with van der Waals surface area (Å²) in [6.07, 6.45) is 9.64. The van der Waals surface area contributed by atoms with E-state index in [0.29, 0.717) is 6.79 Å². The van der Waals surface area contributed by atoms with Gasteiger partial charge in [0, 0.05) is 7.11 Å². The molecule has 0 aliphatic heterocycles. The van der Waals surface area contributed by atoms with Gasteiger partial charge in [0.05, 0.1) is 12.7 Å². The van der Waals surface area contributed by atoms with Gasteiger partial charge in [-0.05, 0) is 6.42 Å². The first-order chi connectivity index (χ1) is 7.35. The lowest BCUT2D eigenvalue weighted by Crippen LogP contribution is -2.12. The Kier molecular flexibility index (Phi) is 11.4. The van der Waals surface area contributed by atoms with E-state index in [-0.39, 0.29) is 12.7 Å². The molecule has 15 heavy (non-hydrogen) atoms. The highest BCUT2D eigenvalue weighted by Gasteiger charge is 2.03. The number of unbranched alkanes of at least 4 members (excludes halogenated alkanes) is 3. The molecule has 0 aromatic heterocycles. The fourth-order valence-corrected chi connectivity index (χ4v) is 1.38. The van der Waals surface area contributed by atoms with Crippen molar-refractivity contribution in [3.8, 4) is 0 Å². The maximum Gasteiger partial charge on any atom is 0.147 e. The van der Waals surface area contributed by atoms with Gasteiger partial charge in [0.25, 0.3) is 0 Å². The molecule has 90 valence electrons. The van der Waals surface area contributed by atoms with Gasteiger partial charge in [-0.15, -0.1) is 0 Å². The van der Waals surface area contributed by atoms with Gasteiger partial charge in [-0.25, -0.2) is 0 Å². The number of aliphatic hydroxyl groups excluding tert-OH is 1. The number of aliphatic hydroxyl groups is 1. The Bertz CT molecular complexity index is 146. The molecule has 0 heterocycles. The second-order valence-corrected chi connectivity index (χ2v) is 3.57. The van der Waals surface area contributed by atoms with Crippen LogP contribution in [0.2, 0.25) is 0 Å². The Morgan fingerprint density at radius 1 is 1.27 bits per heavy atom. The van der Waals surface area contributed by atoms with Crippen LogP contribution in [0.3, 0.4) is 0 Å². The minimum atomic E-state index is 0.0712. The third-order valence-corrected chi connectivity index (χ3v) is 2.20. The van der Waals surface area contributed by atoms with Crippen molar-refractivity contribution in [3.63, 3.8) is 0 Å². The normalized spacial score (nSPS) is 13.5. The van der Waals surface area contributed by atoms with Crippen LogP contribution >= 0.6 is 0 Å². The Labute approximate surface area is 93.1 Å². The fourth-order valence-electron chi connectivity index (χ4n) is 1.38. The van der Waals surface area contributed by atoms with E-state index in [1.165, 1.54) is 19.3 Å². The number of methoxy groups -OCH3 is 1. The molecule has 1 atom stereocenters. The van der Waals surface area contributed by atoms with Crippen molar-refractivity contribution in [1.29, 1.82) is 0 Å². The molecule has 0 saturated heterocycles. The van der Waals surface area contributed by atoms with Crippen molar-refractivity contribution >= 4 is 0 Å². The molecule has 0 aliphatic carbocycles. The largest absolute Gasteiger partial charge is 0.392 e. The quantitative estimate of drug-likeness (QED) is 0.346. The first-order valence-electron chi connectivity index (χ1n) is 5.73. The maximum absolute atomic E-state index is 8.68. The molecule has 0 aromatic rings. The molecular formula is C12H24O3. The molecule has 0 fully saturated rings. The minimum Gasteiger partial charge on any atom is -0.392 e. The van der Waals surface area contributed by atoms with Crippen molar-refractivity contribution < 1.29 is 14.6 Å². The Balaban J connectivity index is 3.64. The molecule has 3 nitrogen and oxygen atoms in total. The van der Waals surface area contributed by atoms with Crippen LogP contribution in [0, 0.1) is 0 Å². The average molecular weight is 216 g/mol. The fraction of sp³-hybridized carbons (Fsp3) is 0.833. The summed E-state index contributed by atoms with van der Waals surface area (Å²) in [6, 6.07) is 0. The topological polar surface area (TPSA) is 38.7 Å². The smallest absolute Gasteiger partial charge is 0.147 e. The molecular weight excluding hydrogens is 192 g/mol. The summed E-state index contributed by atoms with van der Waals surface area (Å²) in [6.45, 7) is 2.58. The lowest BCUT2D eigenvalue weighted by atomic mass is 10.1. The van der Waals surface area contributed by atoms with Gasteiger partial charge in [-0.2, -0.15) is 0 Å². The highest BCUT2D eigenvalue weighted by molar-refractivity contribution is 4.89. The van der Waals surface area contributed by atoms with Gasteiger partial charge in [-0.1, -0.05) is 44.8 Å². The van der Waals surface area contributed by atoms with Gasteiger partial charge in [0.1, 0.15) is 6.79 Å². The van der Waals surface area contributed by atoms with Gasteiger partial charge in [0.15, 0.2) is 0 Å². The maximum atomic E-state index is 8.68. The molecule has 0 aliphatic rings. The van der Waals surface area contributed by atoms with E-state index in [1.54, 1.807) is 13.2 Å². The number of hydrogen-bond donors (Lipinski definition) is 1. The molecule has 0 saturated carbocycles. The van der Waals surface area contributed by atoms with E-state index >= 15 is 0 Å². The summed E-state index contributed by atoms with van der Waals surface area (Å²) in [7, 11) is 1.61. The van der Waals surface area contributed by atoms with E-state index in [4.69, 9.17) is 14.6 Å². The van der Waals surface area contributed by atoms with E-state index in [9.17, 15) is 0 Å². The zero-order chi connectivity index (χ0) is 11.4. The van der Waals surface area contributed by atoms with Crippen LogP contribution in [-0.4, -0.2) is 31.7 Å². The number of rotatable bonds is 10. The molecule has 0 amide bonds. The third kappa shape index (κ3) is 9.91. The van der Waals surface area contributed by atoms with Crippen LogP contribution < -0.4 is 0 Å². The Hall–Kier alpha value is -0.380. The molecule has 3 heteroatoms. The van der Waals surface area contributed by atoms with Crippen molar-refractivity contribution in [2.24, 2.45) is 0 Å². The third-order valence-electron chi connectivity index (χ3n) is 2.20. The van der Waals surface area contributed by atoms with Crippen LogP contribution in [0.4, 0.5) is 0 Å². The molecule has 0 spiro atoms. The molecule has 0 rings (SSSR count). The van der Waals surface area contributed by atoms with Crippen molar-refractivity contribution in [1.82, 2.24) is 0 Å². The predicted molar refractivity (Wildman–Crippen MR) is 61.7 cm³/mol. The first-order valence-corrected chi connectivity index (χ1v) is 5.73. The summed E-state index contributed by atoms with van der Waals surface area (Å²) in [4.78, 5) is 0. The van der Waals surface area contributed by atoms with Crippen LogP contribution in [0.25, 0.3) is 0 Å². The molecule has 0 radical (unpaired) electrons. The van der Waals surface area contributed by atoms with Crippen LogP contribution in [0.15, 0.2) is 12.2 Å². The van der Waals surface area contributed by atoms with Crippen LogP contribution in [-0.2, 0) is 9.47 Å². The van der Waals surface area contributed by atoms with E-state index in [0.717, 1.165) is 12.8 Å². The van der Waals surface area contributed by atoms with E-state index in [1.807, 2.05) is 6.08 Å². The van der Waals surface area contributed by atoms with Gasteiger partial charge >= 0.3 is 0 Å². The van der Waals surface area contributed by atoms with Crippen LogP contribution in [0.5, 0.6) is 0 Å². The van der Waals surface area contributed by atoms with Crippen molar-refractivity contribution in [2.75, 3.05) is 20.5 Å². The monoisotopic (exact) mass is 216 g/mol. The highest BCUT2D eigenvalue weighted by atomic mass is 16.7. The van der Waals surface area contributed by atoms with Gasteiger partial charge < -0.3 is 14.6 Å². The number of hydrogen-bond acceptors (Lipinski definition) is 3. The predicted octanol–water partition coefficient (Wildman–Crippen LogP) is 2.49. The Morgan fingerprint density at radius 3 is 2.67 bits per heavy atom. The molecule has 0 unspecified atom stereocenters. The van der Waals surface area contributed by atoms with Gasteiger partial charge in [-0.3, -0.25) is 0 Å². The summed E-state index contributed by atoms with van der Waals surface area (Å²) in [5.41, 5.74) is 0. The zero-order valence-corrected chi connectivity index (χ0v) is 9.95. The van der Waals surface area contributed by atoms with Crippen molar-refractivity contribution in [2.45, 2.75) is 45.1 Å². The summed E-state index contributed by atoms with van der Waals surface area (Å²) in [5, 5.41) is 8.68. The first kappa shape index (κ1) is 14.6. The lowest BCUT2D eigenvalue weighted by molar-refractivity contribution is -0.0581. The lowest BCUT2D eigenvalue weighted by Gasteiger charge is -2.13. The summed E-state index contributed by atoms with van der Waals surface area (Å²) >= 11 is 0. The van der Waals surface area contributed by atoms with Gasteiger partial charge in [0.2, 0.25) is 0 Å². The minimum absolute atomic E-state index is 0.0712. The van der Waals surface area contributed by atoms with Crippen molar-refractivity contribution in [3.05, 3.63) is 12.2 Å².